The van der Waals surface area contributed by atoms with Crippen LogP contribution in [0.4, 0.5) is 0 Å². The van der Waals surface area contributed by atoms with Crippen LogP contribution in [0.1, 0.15) is 0 Å². The Morgan fingerprint density at radius 2 is 2.40 bits per heavy atom. The van der Waals surface area contributed by atoms with Crippen LogP contribution in [0.25, 0.3) is 12.1 Å². The Kier molecular flexibility index (Phi) is 0.768. The summed E-state index contributed by atoms with van der Waals surface area (Å²) in [6, 6.07) is 1.55. The molecule has 0 aromatic carbocycles. The van der Waals surface area contributed by atoms with Crippen LogP contribution in [0.5, 0.6) is 5.75 Å². The second-order valence-corrected chi connectivity index (χ2v) is 2.03. The molecule has 4 nitrogen and oxygen atoms in total. The van der Waals surface area contributed by atoms with Crippen LogP contribution >= 0.6 is 0 Å². The molecule has 0 spiro atoms. The third kappa shape index (κ3) is 0.452. The lowest BCUT2D eigenvalue weighted by molar-refractivity contribution is 0.481. The minimum absolute atomic E-state index is 0.176. The Morgan fingerprint density at radius 1 is 1.60 bits per heavy atom. The van der Waals surface area contributed by atoms with Gasteiger partial charge in [-0.2, -0.15) is 0 Å². The maximum absolute atomic E-state index is 9.14. The average molecular weight is 135 g/mol. The predicted molar refractivity (Wildman–Crippen MR) is 35.4 cm³/mol. The van der Waals surface area contributed by atoms with Crippen LogP contribution in [-0.4, -0.2) is 19.9 Å². The molecule has 0 amide bonds. The van der Waals surface area contributed by atoms with E-state index < -0.39 is 0 Å². The molecular formula is C6H5N3O. The first-order valence-electron chi connectivity index (χ1n) is 2.80. The van der Waals surface area contributed by atoms with Gasteiger partial charge in [0, 0.05) is 12.3 Å². The lowest BCUT2D eigenvalue weighted by atomic mass is 10.5. The molecule has 4 heteroatoms. The van der Waals surface area contributed by atoms with Gasteiger partial charge in [-0.3, -0.25) is 0 Å². The molecule has 2 heterocycles. The van der Waals surface area contributed by atoms with E-state index in [1.807, 2.05) is 0 Å². The number of nitrogens with zero attached hydrogens (tertiary/aromatic N) is 3. The van der Waals surface area contributed by atoms with Crippen molar-refractivity contribution in [2.75, 3.05) is 0 Å². The molecule has 0 fully saturated rings. The van der Waals surface area contributed by atoms with Gasteiger partial charge in [0.2, 0.25) is 0 Å². The summed E-state index contributed by atoms with van der Waals surface area (Å²) in [7, 11) is 0. The van der Waals surface area contributed by atoms with E-state index in [1.54, 1.807) is 12.3 Å². The van der Waals surface area contributed by atoms with Crippen molar-refractivity contribution in [1.82, 2.24) is 14.8 Å². The molecule has 0 atom stereocenters. The summed E-state index contributed by atoms with van der Waals surface area (Å²) in [5, 5.41) is 17.0. The maximum atomic E-state index is 9.14. The summed E-state index contributed by atoms with van der Waals surface area (Å²) in [6.45, 7) is 3.59. The molecule has 0 bridgehead atoms. The molecule has 50 valence electrons. The number of rotatable bonds is 0. The van der Waals surface area contributed by atoms with Crippen molar-refractivity contribution < 1.29 is 5.11 Å². The van der Waals surface area contributed by atoms with Gasteiger partial charge in [0.15, 0.2) is 0 Å². The van der Waals surface area contributed by atoms with Crippen molar-refractivity contribution in [3.63, 3.8) is 0 Å². The Morgan fingerprint density at radius 3 is 3.10 bits per heavy atom. The minimum atomic E-state index is 0.176. The van der Waals surface area contributed by atoms with Gasteiger partial charge in [-0.25, -0.2) is 4.52 Å². The van der Waals surface area contributed by atoms with E-state index in [9.17, 15) is 0 Å². The molecule has 0 saturated carbocycles. The first-order chi connectivity index (χ1) is 4.79. The first-order valence-corrected chi connectivity index (χ1v) is 2.80. The summed E-state index contributed by atoms with van der Waals surface area (Å²) < 4.78 is 1.48. The number of aromatic nitrogens is 3. The third-order valence-corrected chi connectivity index (χ3v) is 1.38. The number of aromatic hydroxyl groups is 1. The van der Waals surface area contributed by atoms with Crippen molar-refractivity contribution in [2.24, 2.45) is 0 Å². The van der Waals surface area contributed by atoms with E-state index in [0.717, 1.165) is 0 Å². The van der Waals surface area contributed by atoms with Gasteiger partial charge in [0.05, 0.1) is 0 Å². The fourth-order valence-electron chi connectivity index (χ4n) is 0.916. The highest BCUT2D eigenvalue weighted by atomic mass is 16.3. The zero-order valence-electron chi connectivity index (χ0n) is 5.15. The van der Waals surface area contributed by atoms with Gasteiger partial charge in [0.1, 0.15) is 16.6 Å². The molecule has 2 aromatic rings. The van der Waals surface area contributed by atoms with E-state index in [4.69, 9.17) is 5.11 Å². The summed E-state index contributed by atoms with van der Waals surface area (Å²) in [5.74, 6) is 0.176. The van der Waals surface area contributed by atoms with Gasteiger partial charge < -0.3 is 5.11 Å². The van der Waals surface area contributed by atoms with Crippen LogP contribution < -0.4 is 5.35 Å². The van der Waals surface area contributed by atoms with E-state index in [2.05, 4.69) is 16.9 Å². The summed E-state index contributed by atoms with van der Waals surface area (Å²) in [5.41, 5.74) is 0.583. The summed E-state index contributed by atoms with van der Waals surface area (Å²) in [6.07, 6.45) is 1.63. The van der Waals surface area contributed by atoms with Crippen LogP contribution in [-0.2, 0) is 0 Å². The smallest absolute Gasteiger partial charge is 0.145 e. The maximum Gasteiger partial charge on any atom is 0.145 e. The lowest BCUT2D eigenvalue weighted by Crippen LogP contribution is -1.96. The van der Waals surface area contributed by atoms with Crippen LogP contribution in [0.15, 0.2) is 12.3 Å². The second kappa shape index (κ2) is 1.47. The molecule has 0 aliphatic rings. The minimum Gasteiger partial charge on any atom is -0.506 e. The fraction of sp³-hybridized carbons (Fsp3) is 0. The molecule has 2 aromatic heterocycles. The standard InChI is InChI=1S/C6H5N3O/c1-4-6-5(10)2-3-9(6)8-7-4/h2-3,10H,1H2. The van der Waals surface area contributed by atoms with Crippen molar-refractivity contribution in [2.45, 2.75) is 0 Å². The van der Waals surface area contributed by atoms with Crippen LogP contribution in [0.3, 0.4) is 0 Å². The highest BCUT2D eigenvalue weighted by molar-refractivity contribution is 5.58. The molecule has 10 heavy (non-hydrogen) atoms. The molecule has 1 N–H and O–H groups in total. The molecule has 0 aliphatic heterocycles. The third-order valence-electron chi connectivity index (χ3n) is 1.38. The number of fused-ring (bicyclic) bond motifs is 1. The fourth-order valence-corrected chi connectivity index (χ4v) is 0.916. The topological polar surface area (TPSA) is 50.4 Å². The zero-order chi connectivity index (χ0) is 7.14. The largest absolute Gasteiger partial charge is 0.506 e. The Bertz CT molecular complexity index is 406. The normalized spacial score (nSPS) is 10.8. The molecule has 0 radical (unpaired) electrons. The molecule has 0 unspecified atom stereocenters. The van der Waals surface area contributed by atoms with Gasteiger partial charge in [-0.05, 0) is 0 Å². The zero-order valence-corrected chi connectivity index (χ0v) is 5.15. The molecular weight excluding hydrogens is 130 g/mol. The van der Waals surface area contributed by atoms with Crippen molar-refractivity contribution in [3.8, 4) is 5.75 Å². The summed E-state index contributed by atoms with van der Waals surface area (Å²) >= 11 is 0. The average Bonchev–Trinajstić information content (AvgIpc) is 2.40. The van der Waals surface area contributed by atoms with Crippen molar-refractivity contribution in [1.29, 1.82) is 0 Å². The highest BCUT2D eigenvalue weighted by Crippen LogP contribution is 2.12. The van der Waals surface area contributed by atoms with Crippen molar-refractivity contribution >= 4 is 12.1 Å². The van der Waals surface area contributed by atoms with E-state index in [-0.39, 0.29) is 5.75 Å². The second-order valence-electron chi connectivity index (χ2n) is 2.03. The van der Waals surface area contributed by atoms with E-state index in [0.29, 0.717) is 10.9 Å². The number of hydrogen-bond donors (Lipinski definition) is 1. The van der Waals surface area contributed by atoms with Gasteiger partial charge >= 0.3 is 0 Å². The lowest BCUT2D eigenvalue weighted by Gasteiger charge is -1.78. The predicted octanol–water partition coefficient (Wildman–Crippen LogP) is -0.436. The Balaban J connectivity index is 3.12. The summed E-state index contributed by atoms with van der Waals surface area (Å²) in [4.78, 5) is 0. The van der Waals surface area contributed by atoms with Crippen LogP contribution in [0, 0.1) is 0 Å². The van der Waals surface area contributed by atoms with E-state index >= 15 is 0 Å². The molecule has 0 saturated heterocycles. The first kappa shape index (κ1) is 5.22. The highest BCUT2D eigenvalue weighted by Gasteiger charge is 2.02. The van der Waals surface area contributed by atoms with Gasteiger partial charge in [0.25, 0.3) is 0 Å². The molecule has 0 aliphatic carbocycles. The Hall–Kier alpha value is -1.58. The van der Waals surface area contributed by atoms with Crippen LogP contribution in [0.2, 0.25) is 0 Å². The Labute approximate surface area is 56.4 Å². The molecule has 2 rings (SSSR count). The monoisotopic (exact) mass is 135 g/mol. The van der Waals surface area contributed by atoms with Crippen molar-refractivity contribution in [3.05, 3.63) is 17.6 Å². The number of hydrogen-bond acceptors (Lipinski definition) is 3. The van der Waals surface area contributed by atoms with E-state index in [1.165, 1.54) is 4.52 Å². The van der Waals surface area contributed by atoms with Gasteiger partial charge in [-0.15, -0.1) is 5.10 Å². The SMILES string of the molecule is C=c1nnn2ccc(O)c12. The van der Waals surface area contributed by atoms with Gasteiger partial charge in [-0.1, -0.05) is 11.8 Å². The quantitative estimate of drug-likeness (QED) is 0.533.